The van der Waals surface area contributed by atoms with Crippen LogP contribution in [-0.4, -0.2) is 21.1 Å². The lowest BCUT2D eigenvalue weighted by atomic mass is 10.1. The molecule has 1 atom stereocenters. The van der Waals surface area contributed by atoms with Gasteiger partial charge in [-0.25, -0.2) is 4.98 Å². The number of hydrogen-bond donors (Lipinski definition) is 2. The number of carbonyl (C=O) groups is 1. The molecule has 2 N–H and O–H groups in total. The lowest BCUT2D eigenvalue weighted by molar-refractivity contribution is -0.115. The predicted octanol–water partition coefficient (Wildman–Crippen LogP) is 4.71. The second-order valence-corrected chi connectivity index (χ2v) is 7.94. The third kappa shape index (κ3) is 4.55. The number of amides is 1. The van der Waals surface area contributed by atoms with Crippen LogP contribution in [0.25, 0.3) is 22.0 Å². The summed E-state index contributed by atoms with van der Waals surface area (Å²) in [7, 11) is 0. The molecule has 1 heterocycles. The Morgan fingerprint density at radius 1 is 0.966 bits per heavy atom. The van der Waals surface area contributed by atoms with Crippen LogP contribution >= 0.6 is 11.8 Å². The SMILES string of the molecule is C[C@@H](Sc1nc(-c2ccccc2)cc(=O)[nH]1)C(=O)Nc1ccc2ccccc2c1. The molecule has 6 heteroatoms. The number of nitrogens with one attached hydrogen (secondary N) is 2. The molecular formula is C23H19N3O2S. The summed E-state index contributed by atoms with van der Waals surface area (Å²) in [6.45, 7) is 1.79. The number of aromatic nitrogens is 2. The van der Waals surface area contributed by atoms with E-state index in [1.165, 1.54) is 17.8 Å². The number of hydrogen-bond acceptors (Lipinski definition) is 4. The summed E-state index contributed by atoms with van der Waals surface area (Å²) in [6, 6.07) is 24.7. The van der Waals surface area contributed by atoms with Crippen LogP contribution in [0, 0.1) is 0 Å². The number of thioether (sulfide) groups is 1. The monoisotopic (exact) mass is 401 g/mol. The van der Waals surface area contributed by atoms with Gasteiger partial charge in [-0.15, -0.1) is 0 Å². The molecule has 0 unspecified atom stereocenters. The van der Waals surface area contributed by atoms with Gasteiger partial charge in [0.05, 0.1) is 10.9 Å². The van der Waals surface area contributed by atoms with Gasteiger partial charge in [-0.05, 0) is 29.8 Å². The van der Waals surface area contributed by atoms with E-state index in [9.17, 15) is 9.59 Å². The molecule has 0 aliphatic rings. The smallest absolute Gasteiger partial charge is 0.252 e. The molecule has 1 amide bonds. The average molecular weight is 401 g/mol. The second-order valence-electron chi connectivity index (χ2n) is 6.61. The minimum Gasteiger partial charge on any atom is -0.325 e. The third-order valence-electron chi connectivity index (χ3n) is 4.46. The molecule has 4 rings (SSSR count). The van der Waals surface area contributed by atoms with E-state index >= 15 is 0 Å². The fraction of sp³-hybridized carbons (Fsp3) is 0.0870. The molecule has 4 aromatic rings. The van der Waals surface area contributed by atoms with Crippen molar-refractivity contribution in [3.05, 3.63) is 89.2 Å². The van der Waals surface area contributed by atoms with E-state index in [4.69, 9.17) is 0 Å². The third-order valence-corrected chi connectivity index (χ3v) is 5.45. The van der Waals surface area contributed by atoms with Gasteiger partial charge in [-0.1, -0.05) is 72.4 Å². The number of anilines is 1. The zero-order chi connectivity index (χ0) is 20.2. The van der Waals surface area contributed by atoms with Crippen molar-refractivity contribution in [2.24, 2.45) is 0 Å². The number of aromatic amines is 1. The number of H-pyrrole nitrogens is 1. The van der Waals surface area contributed by atoms with Crippen molar-refractivity contribution in [3.63, 3.8) is 0 Å². The fourth-order valence-corrected chi connectivity index (χ4v) is 3.79. The predicted molar refractivity (Wildman–Crippen MR) is 118 cm³/mol. The topological polar surface area (TPSA) is 74.8 Å². The average Bonchev–Trinajstić information content (AvgIpc) is 2.74. The first kappa shape index (κ1) is 19.0. The van der Waals surface area contributed by atoms with E-state index in [0.29, 0.717) is 10.9 Å². The molecule has 5 nitrogen and oxygen atoms in total. The van der Waals surface area contributed by atoms with Crippen molar-refractivity contribution in [3.8, 4) is 11.3 Å². The van der Waals surface area contributed by atoms with Crippen LogP contribution in [0.3, 0.4) is 0 Å². The zero-order valence-corrected chi connectivity index (χ0v) is 16.6. The maximum atomic E-state index is 12.6. The summed E-state index contributed by atoms with van der Waals surface area (Å²) in [5, 5.41) is 5.10. The van der Waals surface area contributed by atoms with E-state index in [0.717, 1.165) is 22.0 Å². The van der Waals surface area contributed by atoms with Crippen LogP contribution in [0.4, 0.5) is 5.69 Å². The summed E-state index contributed by atoms with van der Waals surface area (Å²) in [6.07, 6.45) is 0. The lowest BCUT2D eigenvalue weighted by Gasteiger charge is -2.12. The van der Waals surface area contributed by atoms with Crippen molar-refractivity contribution >= 4 is 34.1 Å². The second kappa shape index (κ2) is 8.32. The zero-order valence-electron chi connectivity index (χ0n) is 15.8. The number of nitrogens with zero attached hydrogens (tertiary/aromatic N) is 1. The quantitative estimate of drug-likeness (QED) is 0.375. The lowest BCUT2D eigenvalue weighted by Crippen LogP contribution is -2.23. The Hall–Kier alpha value is -3.38. The first-order valence-electron chi connectivity index (χ1n) is 9.21. The van der Waals surface area contributed by atoms with Crippen molar-refractivity contribution < 1.29 is 4.79 Å². The highest BCUT2D eigenvalue weighted by molar-refractivity contribution is 8.00. The molecule has 0 radical (unpaired) electrons. The van der Waals surface area contributed by atoms with Gasteiger partial charge in [0, 0.05) is 17.3 Å². The summed E-state index contributed by atoms with van der Waals surface area (Å²) < 4.78 is 0. The largest absolute Gasteiger partial charge is 0.325 e. The minimum absolute atomic E-state index is 0.155. The molecule has 0 saturated heterocycles. The highest BCUT2D eigenvalue weighted by atomic mass is 32.2. The van der Waals surface area contributed by atoms with Crippen molar-refractivity contribution in [1.29, 1.82) is 0 Å². The number of fused-ring (bicyclic) bond motifs is 1. The Morgan fingerprint density at radius 3 is 2.48 bits per heavy atom. The molecule has 3 aromatic carbocycles. The van der Waals surface area contributed by atoms with E-state index in [-0.39, 0.29) is 11.5 Å². The summed E-state index contributed by atoms with van der Waals surface area (Å²) in [4.78, 5) is 31.9. The Labute approximate surface area is 172 Å². The van der Waals surface area contributed by atoms with E-state index in [1.807, 2.05) is 72.8 Å². The Kier molecular flexibility index (Phi) is 5.44. The molecular weight excluding hydrogens is 382 g/mol. The molecule has 144 valence electrons. The molecule has 0 aliphatic heterocycles. The minimum atomic E-state index is -0.435. The van der Waals surface area contributed by atoms with Gasteiger partial charge in [-0.2, -0.15) is 0 Å². The molecule has 0 fully saturated rings. The maximum Gasteiger partial charge on any atom is 0.252 e. The summed E-state index contributed by atoms with van der Waals surface area (Å²) in [5.41, 5.74) is 1.93. The van der Waals surface area contributed by atoms with Crippen LogP contribution in [0.2, 0.25) is 0 Å². The van der Waals surface area contributed by atoms with Crippen LogP contribution in [0.1, 0.15) is 6.92 Å². The standard InChI is InChI=1S/C23H19N3O2S/c1-15(22(28)24-19-12-11-16-7-5-6-10-18(16)13-19)29-23-25-20(14-21(27)26-23)17-8-3-2-4-9-17/h2-15H,1H3,(H,24,28)(H,25,26,27)/t15-/m1/s1. The molecule has 0 saturated carbocycles. The van der Waals surface area contributed by atoms with Gasteiger partial charge < -0.3 is 10.3 Å². The molecule has 29 heavy (non-hydrogen) atoms. The van der Waals surface area contributed by atoms with Gasteiger partial charge in [0.25, 0.3) is 5.56 Å². The first-order chi connectivity index (χ1) is 14.1. The van der Waals surface area contributed by atoms with Crippen molar-refractivity contribution in [1.82, 2.24) is 9.97 Å². The highest BCUT2D eigenvalue weighted by Gasteiger charge is 2.17. The highest BCUT2D eigenvalue weighted by Crippen LogP contribution is 2.24. The van der Waals surface area contributed by atoms with Gasteiger partial charge in [0.2, 0.25) is 5.91 Å². The van der Waals surface area contributed by atoms with Crippen molar-refractivity contribution in [2.75, 3.05) is 5.32 Å². The molecule has 0 aliphatic carbocycles. The fourth-order valence-electron chi connectivity index (χ4n) is 2.98. The van der Waals surface area contributed by atoms with Crippen LogP contribution in [-0.2, 0) is 4.79 Å². The number of benzene rings is 3. The van der Waals surface area contributed by atoms with E-state index in [2.05, 4.69) is 15.3 Å². The molecule has 0 bridgehead atoms. The first-order valence-corrected chi connectivity index (χ1v) is 10.1. The van der Waals surface area contributed by atoms with Gasteiger partial charge >= 0.3 is 0 Å². The van der Waals surface area contributed by atoms with E-state index in [1.54, 1.807) is 6.92 Å². The Morgan fingerprint density at radius 2 is 1.69 bits per heavy atom. The van der Waals surface area contributed by atoms with Crippen LogP contribution in [0.5, 0.6) is 0 Å². The molecule has 1 aromatic heterocycles. The van der Waals surface area contributed by atoms with Gasteiger partial charge in [-0.3, -0.25) is 9.59 Å². The Balaban J connectivity index is 1.49. The van der Waals surface area contributed by atoms with E-state index < -0.39 is 5.25 Å². The normalized spacial score (nSPS) is 11.9. The number of carbonyl (C=O) groups excluding carboxylic acids is 1. The van der Waals surface area contributed by atoms with Crippen molar-refractivity contribution in [2.45, 2.75) is 17.3 Å². The van der Waals surface area contributed by atoms with Crippen LogP contribution < -0.4 is 10.9 Å². The van der Waals surface area contributed by atoms with Crippen LogP contribution in [0.15, 0.2) is 88.8 Å². The summed E-state index contributed by atoms with van der Waals surface area (Å²) >= 11 is 1.22. The number of rotatable bonds is 5. The van der Waals surface area contributed by atoms with Gasteiger partial charge in [0.1, 0.15) is 0 Å². The maximum absolute atomic E-state index is 12.6. The summed E-state index contributed by atoms with van der Waals surface area (Å²) in [5.74, 6) is -0.155. The molecule has 0 spiro atoms. The van der Waals surface area contributed by atoms with Gasteiger partial charge in [0.15, 0.2) is 5.16 Å². The Bertz CT molecular complexity index is 1220.